The van der Waals surface area contributed by atoms with Crippen molar-refractivity contribution in [1.29, 1.82) is 0 Å². The Hall–Kier alpha value is -1.34. The summed E-state index contributed by atoms with van der Waals surface area (Å²) in [6.45, 7) is 7.25. The van der Waals surface area contributed by atoms with Crippen molar-refractivity contribution in [2.45, 2.75) is 51.3 Å². The lowest BCUT2D eigenvalue weighted by atomic mass is 10.0. The Kier molecular flexibility index (Phi) is 4.92. The van der Waals surface area contributed by atoms with Crippen LogP contribution in [0.3, 0.4) is 0 Å². The van der Waals surface area contributed by atoms with Gasteiger partial charge in [0.2, 0.25) is 0 Å². The van der Waals surface area contributed by atoms with Crippen LogP contribution in [-0.2, 0) is 14.3 Å². The maximum absolute atomic E-state index is 12.4. The van der Waals surface area contributed by atoms with Crippen LogP contribution < -0.4 is 0 Å². The first kappa shape index (κ1) is 18.0. The van der Waals surface area contributed by atoms with Gasteiger partial charge in [-0.05, 0) is 47.7 Å². The molecular weight excluding hydrogens is 300 g/mol. The molecule has 132 valence electrons. The monoisotopic (exact) mass is 328 g/mol. The second-order valence-corrected chi connectivity index (χ2v) is 7.88. The number of rotatable bonds is 6. The molecule has 0 aromatic carbocycles. The molecule has 1 saturated carbocycles. The van der Waals surface area contributed by atoms with Gasteiger partial charge in [-0.3, -0.25) is 4.90 Å². The molecule has 2 rings (SSSR count). The number of carboxylic acid groups (broad SMARTS) is 1. The fourth-order valence-corrected chi connectivity index (χ4v) is 3.15. The van der Waals surface area contributed by atoms with Crippen molar-refractivity contribution in [3.8, 4) is 0 Å². The molecule has 0 bridgehead atoms. The Balaban J connectivity index is 1.98. The molecule has 7 nitrogen and oxygen atoms in total. The van der Waals surface area contributed by atoms with E-state index in [1.807, 2.05) is 19.0 Å². The molecule has 2 fully saturated rings. The van der Waals surface area contributed by atoms with Gasteiger partial charge in [-0.2, -0.15) is 0 Å². The molecule has 23 heavy (non-hydrogen) atoms. The average molecular weight is 328 g/mol. The predicted octanol–water partition coefficient (Wildman–Crippen LogP) is 1.42. The van der Waals surface area contributed by atoms with Crippen LogP contribution in [0, 0.1) is 5.41 Å². The van der Waals surface area contributed by atoms with E-state index in [4.69, 9.17) is 9.47 Å². The second kappa shape index (κ2) is 6.28. The first-order valence-electron chi connectivity index (χ1n) is 8.02. The van der Waals surface area contributed by atoms with E-state index in [1.54, 1.807) is 20.8 Å². The van der Waals surface area contributed by atoms with Crippen LogP contribution >= 0.6 is 0 Å². The van der Waals surface area contributed by atoms with Crippen molar-refractivity contribution < 1.29 is 24.2 Å². The van der Waals surface area contributed by atoms with E-state index in [9.17, 15) is 14.7 Å². The number of ether oxygens (including phenoxy) is 2. The number of carbonyl (C=O) groups excluding carboxylic acids is 1. The number of piperidine rings is 1. The largest absolute Gasteiger partial charge is 0.480 e. The summed E-state index contributed by atoms with van der Waals surface area (Å²) < 4.78 is 11.1. The van der Waals surface area contributed by atoms with E-state index in [0.717, 1.165) is 13.0 Å². The molecule has 0 aromatic rings. The van der Waals surface area contributed by atoms with E-state index in [1.165, 1.54) is 4.90 Å². The van der Waals surface area contributed by atoms with Crippen molar-refractivity contribution in [2.75, 3.05) is 33.9 Å². The number of hydrogen-bond donors (Lipinski definition) is 1. The summed E-state index contributed by atoms with van der Waals surface area (Å²) >= 11 is 0. The zero-order chi connectivity index (χ0) is 17.4. The minimum Gasteiger partial charge on any atom is -0.480 e. The SMILES string of the molecule is CN(C)CCOC[C@@]12C[C@@H](C(=O)O)N(C(=O)OC(C)(C)C)[C@@H]1C2. The fraction of sp³-hybridized carbons (Fsp3) is 0.875. The Morgan fingerprint density at radius 1 is 1.30 bits per heavy atom. The summed E-state index contributed by atoms with van der Waals surface area (Å²) in [6, 6.07) is -0.904. The van der Waals surface area contributed by atoms with E-state index >= 15 is 0 Å². The Labute approximate surface area is 137 Å². The highest BCUT2D eigenvalue weighted by molar-refractivity contribution is 5.82. The highest BCUT2D eigenvalue weighted by atomic mass is 16.6. The summed E-state index contributed by atoms with van der Waals surface area (Å²) in [4.78, 5) is 27.3. The number of hydrogen-bond acceptors (Lipinski definition) is 5. The van der Waals surface area contributed by atoms with Gasteiger partial charge in [-0.15, -0.1) is 0 Å². The van der Waals surface area contributed by atoms with Crippen LogP contribution in [0.5, 0.6) is 0 Å². The third kappa shape index (κ3) is 4.14. The van der Waals surface area contributed by atoms with Gasteiger partial charge in [-0.25, -0.2) is 9.59 Å². The van der Waals surface area contributed by atoms with Crippen LogP contribution in [-0.4, -0.2) is 78.5 Å². The lowest BCUT2D eigenvalue weighted by molar-refractivity contribution is -0.142. The van der Waals surface area contributed by atoms with E-state index in [2.05, 4.69) is 0 Å². The number of likely N-dealkylation sites (tertiary alicyclic amines) is 1. The minimum atomic E-state index is -0.976. The van der Waals surface area contributed by atoms with Crippen molar-refractivity contribution in [1.82, 2.24) is 9.80 Å². The number of nitrogens with zero attached hydrogens (tertiary/aromatic N) is 2. The summed E-state index contributed by atoms with van der Waals surface area (Å²) in [5, 5.41) is 9.43. The van der Waals surface area contributed by atoms with Gasteiger partial charge in [-0.1, -0.05) is 0 Å². The standard InChI is InChI=1S/C16H28N2O5/c1-15(2,3)23-14(21)18-11(13(19)20)8-16(9-12(16)18)10-22-7-6-17(4)5/h11-12H,6-10H2,1-5H3,(H,19,20)/t11-,12+,16-/m0/s1. The van der Waals surface area contributed by atoms with Gasteiger partial charge in [0.25, 0.3) is 0 Å². The van der Waals surface area contributed by atoms with Gasteiger partial charge in [0.1, 0.15) is 11.6 Å². The van der Waals surface area contributed by atoms with Crippen molar-refractivity contribution in [2.24, 2.45) is 5.41 Å². The van der Waals surface area contributed by atoms with Crippen LogP contribution in [0.15, 0.2) is 0 Å². The van der Waals surface area contributed by atoms with Gasteiger partial charge < -0.3 is 19.5 Å². The quantitative estimate of drug-likeness (QED) is 0.743. The Morgan fingerprint density at radius 2 is 1.96 bits per heavy atom. The molecule has 3 atom stereocenters. The molecule has 1 amide bonds. The molecule has 2 aliphatic rings. The first-order valence-corrected chi connectivity index (χ1v) is 8.02. The van der Waals surface area contributed by atoms with Crippen molar-refractivity contribution in [3.63, 3.8) is 0 Å². The number of amides is 1. The number of likely N-dealkylation sites (N-methyl/N-ethyl adjacent to an activating group) is 1. The summed E-state index contributed by atoms with van der Waals surface area (Å²) in [6.07, 6.45) is 0.689. The zero-order valence-corrected chi connectivity index (χ0v) is 14.7. The summed E-state index contributed by atoms with van der Waals surface area (Å²) in [5.74, 6) is -0.976. The van der Waals surface area contributed by atoms with Crippen LogP contribution in [0.2, 0.25) is 0 Å². The molecule has 1 heterocycles. The van der Waals surface area contributed by atoms with Crippen molar-refractivity contribution >= 4 is 12.1 Å². The predicted molar refractivity (Wildman–Crippen MR) is 84.3 cm³/mol. The minimum absolute atomic E-state index is 0.0854. The molecule has 0 spiro atoms. The maximum Gasteiger partial charge on any atom is 0.411 e. The summed E-state index contributed by atoms with van der Waals surface area (Å²) in [7, 11) is 3.95. The number of aliphatic carboxylic acids is 1. The molecule has 1 aliphatic heterocycles. The lowest BCUT2D eigenvalue weighted by Gasteiger charge is -2.28. The third-order valence-electron chi connectivity index (χ3n) is 4.38. The number of fused-ring (bicyclic) bond motifs is 1. The van der Waals surface area contributed by atoms with E-state index < -0.39 is 23.7 Å². The smallest absolute Gasteiger partial charge is 0.411 e. The molecule has 1 saturated heterocycles. The van der Waals surface area contributed by atoms with Gasteiger partial charge in [0.15, 0.2) is 0 Å². The molecular formula is C16H28N2O5. The van der Waals surface area contributed by atoms with Gasteiger partial charge >= 0.3 is 12.1 Å². The molecule has 0 aromatic heterocycles. The maximum atomic E-state index is 12.4. The highest BCUT2D eigenvalue weighted by Crippen LogP contribution is 2.59. The van der Waals surface area contributed by atoms with Crippen LogP contribution in [0.4, 0.5) is 4.79 Å². The number of carboxylic acids is 1. The first-order chi connectivity index (χ1) is 10.6. The zero-order valence-electron chi connectivity index (χ0n) is 14.7. The highest BCUT2D eigenvalue weighted by Gasteiger charge is 2.68. The van der Waals surface area contributed by atoms with Crippen LogP contribution in [0.25, 0.3) is 0 Å². The normalized spacial score (nSPS) is 29.6. The lowest BCUT2D eigenvalue weighted by Crippen LogP contribution is -2.45. The fourth-order valence-electron chi connectivity index (χ4n) is 3.15. The number of carbonyl (C=O) groups is 2. The van der Waals surface area contributed by atoms with E-state index in [0.29, 0.717) is 19.6 Å². The van der Waals surface area contributed by atoms with E-state index in [-0.39, 0.29) is 11.5 Å². The Morgan fingerprint density at radius 3 is 2.48 bits per heavy atom. The third-order valence-corrected chi connectivity index (χ3v) is 4.38. The second-order valence-electron chi connectivity index (χ2n) is 7.88. The summed E-state index contributed by atoms with van der Waals surface area (Å²) in [5.41, 5.74) is -0.852. The molecule has 1 aliphatic carbocycles. The topological polar surface area (TPSA) is 79.3 Å². The van der Waals surface area contributed by atoms with Crippen molar-refractivity contribution in [3.05, 3.63) is 0 Å². The van der Waals surface area contributed by atoms with Crippen LogP contribution in [0.1, 0.15) is 33.6 Å². The van der Waals surface area contributed by atoms with Gasteiger partial charge in [0.05, 0.1) is 13.2 Å². The average Bonchev–Trinajstić information content (AvgIpc) is 2.97. The Bertz CT molecular complexity index is 474. The molecule has 0 radical (unpaired) electrons. The molecule has 1 N–H and O–H groups in total. The molecule has 7 heteroatoms. The molecule has 0 unspecified atom stereocenters. The van der Waals surface area contributed by atoms with Gasteiger partial charge in [0, 0.05) is 18.0 Å².